The van der Waals surface area contributed by atoms with Crippen LogP contribution >= 0.6 is 0 Å². The molecular formula is C21H42LaN6O9. The van der Waals surface area contributed by atoms with E-state index < -0.39 is 36.0 Å². The van der Waals surface area contributed by atoms with Crippen LogP contribution in [0.1, 0.15) is 59.3 Å². The van der Waals surface area contributed by atoms with Gasteiger partial charge in [-0.2, -0.15) is 0 Å². The number of hydrogen-bond acceptors (Lipinski definition) is 9. The molecule has 1 radical (unpaired) electrons. The monoisotopic (exact) mass is 661 g/mol. The van der Waals surface area contributed by atoms with E-state index in [0.29, 0.717) is 19.6 Å². The number of carboxylic acid groups (broad SMARTS) is 3. The van der Waals surface area contributed by atoms with Crippen LogP contribution in [0.5, 0.6) is 0 Å². The van der Waals surface area contributed by atoms with Crippen molar-refractivity contribution in [3.63, 3.8) is 0 Å². The maximum absolute atomic E-state index is 10.8. The molecular weight excluding hydrogens is 619 g/mol. The van der Waals surface area contributed by atoms with E-state index in [2.05, 4.69) is 16.0 Å². The zero-order chi connectivity index (χ0) is 28.7. The number of amides is 3. The first-order chi connectivity index (χ1) is 16.7. The van der Waals surface area contributed by atoms with Crippen LogP contribution in [-0.2, 0) is 28.8 Å². The van der Waals surface area contributed by atoms with Crippen molar-refractivity contribution in [2.75, 3.05) is 19.6 Å². The van der Waals surface area contributed by atoms with Crippen molar-refractivity contribution in [1.82, 2.24) is 16.0 Å². The molecule has 15 nitrogen and oxygen atoms in total. The van der Waals surface area contributed by atoms with Crippen LogP contribution in [0.15, 0.2) is 0 Å². The van der Waals surface area contributed by atoms with E-state index in [1.54, 1.807) is 20.8 Å². The number of rotatable bonds is 15. The van der Waals surface area contributed by atoms with Gasteiger partial charge in [-0.15, -0.1) is 0 Å². The molecule has 0 unspecified atom stereocenters. The van der Waals surface area contributed by atoms with E-state index in [-0.39, 0.29) is 91.8 Å². The van der Waals surface area contributed by atoms with Gasteiger partial charge in [-0.1, -0.05) is 0 Å². The van der Waals surface area contributed by atoms with E-state index in [4.69, 9.17) is 32.5 Å². The van der Waals surface area contributed by atoms with Crippen LogP contribution in [0.2, 0.25) is 0 Å². The summed E-state index contributed by atoms with van der Waals surface area (Å²) in [5.74, 6) is -3.68. The molecule has 213 valence electrons. The quantitative estimate of drug-likeness (QED) is 0.0917. The predicted molar refractivity (Wildman–Crippen MR) is 131 cm³/mol. The molecule has 0 saturated carbocycles. The fourth-order valence-corrected chi connectivity index (χ4v) is 2.09. The Kier molecular flexibility index (Phi) is 30.6. The summed E-state index contributed by atoms with van der Waals surface area (Å²) in [6.07, 6.45) is 1.05. The fourth-order valence-electron chi connectivity index (χ4n) is 2.09. The fraction of sp³-hybridized carbons (Fsp3) is 0.714. The number of nitrogens with two attached hydrogens (primary N) is 3. The van der Waals surface area contributed by atoms with Gasteiger partial charge >= 0.3 is 17.9 Å². The largest absolute Gasteiger partial charge is 0.480 e. The van der Waals surface area contributed by atoms with E-state index in [1.807, 2.05) is 0 Å². The van der Waals surface area contributed by atoms with Crippen LogP contribution in [-0.4, -0.2) is 88.7 Å². The summed E-state index contributed by atoms with van der Waals surface area (Å²) in [5.41, 5.74) is 15.5. The Labute approximate surface area is 244 Å². The van der Waals surface area contributed by atoms with Gasteiger partial charge in [-0.25, -0.2) is 0 Å². The number of carbonyl (C=O) groups excluding carboxylic acids is 3. The summed E-state index contributed by atoms with van der Waals surface area (Å²) in [6, 6.07) is -2.81. The Morgan fingerprint density at radius 2 is 0.730 bits per heavy atom. The van der Waals surface area contributed by atoms with Crippen molar-refractivity contribution in [2.45, 2.75) is 77.4 Å². The molecule has 0 aliphatic rings. The molecule has 16 heteroatoms. The van der Waals surface area contributed by atoms with Gasteiger partial charge in [-0.3, -0.25) is 28.8 Å². The maximum Gasteiger partial charge on any atom is 0.320 e. The van der Waals surface area contributed by atoms with Gasteiger partial charge in [0, 0.05) is 74.5 Å². The first-order valence-electron chi connectivity index (χ1n) is 11.5. The van der Waals surface area contributed by atoms with E-state index in [1.165, 1.54) is 0 Å². The third-order valence-corrected chi connectivity index (χ3v) is 4.12. The molecule has 0 aromatic rings. The Hall–Kier alpha value is -2.11. The predicted octanol–water partition coefficient (Wildman–Crippen LogP) is -2.06. The number of hydrogen-bond donors (Lipinski definition) is 9. The van der Waals surface area contributed by atoms with Crippen molar-refractivity contribution < 1.29 is 79.7 Å². The summed E-state index contributed by atoms with van der Waals surface area (Å²) in [7, 11) is 0. The average molecular weight is 662 g/mol. The van der Waals surface area contributed by atoms with Crippen LogP contribution in [0, 0.1) is 35.6 Å². The van der Waals surface area contributed by atoms with Gasteiger partial charge in [0.15, 0.2) is 0 Å². The number of carbonyl (C=O) groups is 6. The van der Waals surface area contributed by atoms with Gasteiger partial charge in [-0.05, 0) is 40.0 Å². The van der Waals surface area contributed by atoms with E-state index >= 15 is 0 Å². The topological polar surface area (TPSA) is 277 Å². The van der Waals surface area contributed by atoms with Crippen LogP contribution in [0.3, 0.4) is 0 Å². The molecule has 3 amide bonds. The normalized spacial score (nSPS) is 11.8. The molecule has 3 atom stereocenters. The average Bonchev–Trinajstić information content (AvgIpc) is 2.80. The molecule has 0 heterocycles. The molecule has 12 N–H and O–H groups in total. The zero-order valence-electron chi connectivity index (χ0n) is 21.7. The Morgan fingerprint density at radius 3 is 0.865 bits per heavy atom. The van der Waals surface area contributed by atoms with Gasteiger partial charge < -0.3 is 48.5 Å². The van der Waals surface area contributed by atoms with Crippen molar-refractivity contribution in [1.29, 1.82) is 0 Å². The molecule has 0 aliphatic heterocycles. The van der Waals surface area contributed by atoms with E-state index in [9.17, 15) is 28.8 Å². The molecule has 0 aromatic heterocycles. The second-order valence-electron chi connectivity index (χ2n) is 7.31. The van der Waals surface area contributed by atoms with Crippen LogP contribution in [0.4, 0.5) is 0 Å². The van der Waals surface area contributed by atoms with Crippen LogP contribution < -0.4 is 33.2 Å². The zero-order valence-corrected chi connectivity index (χ0v) is 25.3. The summed E-state index contributed by atoms with van der Waals surface area (Å²) in [6.45, 7) is 7.07. The van der Waals surface area contributed by atoms with Crippen molar-refractivity contribution in [2.24, 2.45) is 17.2 Å². The van der Waals surface area contributed by atoms with Crippen molar-refractivity contribution >= 4 is 35.6 Å². The summed E-state index contributed by atoms with van der Waals surface area (Å²) in [4.78, 5) is 63.1. The SMILES string of the molecule is CCNC(=O)CC[C@H](N)C(=O)O.CCNC(=O)CC[C@H](N)C(=O)O.CCNC(=O)CC[C@H](N)C(=O)O.[La]. The molecule has 0 spiro atoms. The van der Waals surface area contributed by atoms with Gasteiger partial charge in [0.1, 0.15) is 18.1 Å². The Bertz CT molecular complexity index is 607. The molecule has 0 aliphatic carbocycles. The molecule has 0 saturated heterocycles. The molecule has 0 rings (SSSR count). The Balaban J connectivity index is -0.000000218. The van der Waals surface area contributed by atoms with Crippen molar-refractivity contribution in [3.8, 4) is 0 Å². The van der Waals surface area contributed by atoms with Crippen LogP contribution in [0.25, 0.3) is 0 Å². The van der Waals surface area contributed by atoms with Gasteiger partial charge in [0.25, 0.3) is 0 Å². The molecule has 0 fully saturated rings. The number of carboxylic acids is 3. The van der Waals surface area contributed by atoms with E-state index in [0.717, 1.165) is 0 Å². The second-order valence-corrected chi connectivity index (χ2v) is 7.31. The minimum atomic E-state index is -1.07. The summed E-state index contributed by atoms with van der Waals surface area (Å²) in [5, 5.41) is 32.8. The summed E-state index contributed by atoms with van der Waals surface area (Å²) >= 11 is 0. The maximum atomic E-state index is 10.8. The first-order valence-corrected chi connectivity index (χ1v) is 11.5. The standard InChI is InChI=1S/3C7H14N2O3.La/c3*1-2-9-6(10)4-3-5(8)7(11)12;/h3*5H,2-4,8H2,1H3,(H,9,10)(H,11,12);/t3*5-;/m000./s1. The number of aliphatic carboxylic acids is 3. The molecule has 0 bridgehead atoms. The number of nitrogens with one attached hydrogen (secondary N) is 3. The summed E-state index contributed by atoms with van der Waals surface area (Å²) < 4.78 is 0. The van der Waals surface area contributed by atoms with Gasteiger partial charge in [0.2, 0.25) is 17.7 Å². The second kappa shape index (κ2) is 26.9. The first kappa shape index (κ1) is 42.0. The Morgan fingerprint density at radius 1 is 0.541 bits per heavy atom. The smallest absolute Gasteiger partial charge is 0.320 e. The minimum Gasteiger partial charge on any atom is -0.480 e. The third kappa shape index (κ3) is 30.0. The minimum absolute atomic E-state index is 0. The molecule has 37 heavy (non-hydrogen) atoms. The van der Waals surface area contributed by atoms with Crippen molar-refractivity contribution in [3.05, 3.63) is 0 Å². The molecule has 0 aromatic carbocycles. The third-order valence-electron chi connectivity index (χ3n) is 4.12. The van der Waals surface area contributed by atoms with Gasteiger partial charge in [0.05, 0.1) is 0 Å².